The molecule has 0 saturated carbocycles. The number of nitrogens with zero attached hydrogens (tertiary/aromatic N) is 1. The SMILES string of the molecule is Cc1ccc(OCCc2nc(C)c(C(=O)NN)s2)cc1C. The average Bonchev–Trinajstić information content (AvgIpc) is 2.83. The van der Waals surface area contributed by atoms with Crippen molar-refractivity contribution in [2.75, 3.05) is 6.61 Å². The van der Waals surface area contributed by atoms with Crippen LogP contribution in [-0.4, -0.2) is 17.5 Å². The number of thiazole rings is 1. The molecule has 0 atom stereocenters. The molecule has 1 aromatic heterocycles. The third-order valence-electron chi connectivity index (χ3n) is 3.24. The Kier molecular flexibility index (Phi) is 4.93. The number of hydrogen-bond acceptors (Lipinski definition) is 5. The summed E-state index contributed by atoms with van der Waals surface area (Å²) < 4.78 is 5.72. The Balaban J connectivity index is 1.94. The fourth-order valence-corrected chi connectivity index (χ4v) is 2.84. The molecular formula is C15H19N3O2S. The van der Waals surface area contributed by atoms with E-state index in [2.05, 4.69) is 24.3 Å². The van der Waals surface area contributed by atoms with Gasteiger partial charge in [0.05, 0.1) is 17.3 Å². The van der Waals surface area contributed by atoms with Crippen LogP contribution in [0.25, 0.3) is 0 Å². The molecule has 2 aromatic rings. The van der Waals surface area contributed by atoms with E-state index in [0.29, 0.717) is 23.6 Å². The van der Waals surface area contributed by atoms with Crippen LogP contribution < -0.4 is 16.0 Å². The van der Waals surface area contributed by atoms with Crippen molar-refractivity contribution in [2.45, 2.75) is 27.2 Å². The van der Waals surface area contributed by atoms with Crippen molar-refractivity contribution in [1.82, 2.24) is 10.4 Å². The van der Waals surface area contributed by atoms with Crippen LogP contribution in [-0.2, 0) is 6.42 Å². The quantitative estimate of drug-likeness (QED) is 0.505. The number of carbonyl (C=O) groups excluding carboxylic acids is 1. The van der Waals surface area contributed by atoms with E-state index in [9.17, 15) is 4.79 Å². The minimum absolute atomic E-state index is 0.300. The highest BCUT2D eigenvalue weighted by atomic mass is 32.1. The van der Waals surface area contributed by atoms with Gasteiger partial charge in [-0.15, -0.1) is 11.3 Å². The Morgan fingerprint density at radius 1 is 1.33 bits per heavy atom. The van der Waals surface area contributed by atoms with Crippen molar-refractivity contribution in [3.8, 4) is 5.75 Å². The van der Waals surface area contributed by atoms with E-state index in [1.807, 2.05) is 18.2 Å². The lowest BCUT2D eigenvalue weighted by Gasteiger charge is -2.07. The summed E-state index contributed by atoms with van der Waals surface area (Å²) in [6.07, 6.45) is 0.663. The summed E-state index contributed by atoms with van der Waals surface area (Å²) in [7, 11) is 0. The second kappa shape index (κ2) is 6.69. The van der Waals surface area contributed by atoms with Crippen molar-refractivity contribution in [2.24, 2.45) is 5.84 Å². The van der Waals surface area contributed by atoms with E-state index >= 15 is 0 Å². The van der Waals surface area contributed by atoms with Crippen molar-refractivity contribution >= 4 is 17.2 Å². The maximum absolute atomic E-state index is 11.5. The monoisotopic (exact) mass is 305 g/mol. The normalized spacial score (nSPS) is 10.5. The van der Waals surface area contributed by atoms with Gasteiger partial charge in [0.1, 0.15) is 10.6 Å². The predicted molar refractivity (Wildman–Crippen MR) is 83.6 cm³/mol. The third-order valence-corrected chi connectivity index (χ3v) is 4.46. The molecule has 0 saturated heterocycles. The lowest BCUT2D eigenvalue weighted by molar-refractivity contribution is 0.0957. The predicted octanol–water partition coefficient (Wildman–Crippen LogP) is 2.29. The number of nitrogens with two attached hydrogens (primary N) is 1. The van der Waals surface area contributed by atoms with Gasteiger partial charge in [0.2, 0.25) is 0 Å². The first kappa shape index (κ1) is 15.5. The first-order valence-electron chi connectivity index (χ1n) is 6.68. The van der Waals surface area contributed by atoms with Crippen molar-refractivity contribution in [1.29, 1.82) is 0 Å². The van der Waals surface area contributed by atoms with Crippen molar-refractivity contribution in [3.63, 3.8) is 0 Å². The lowest BCUT2D eigenvalue weighted by atomic mass is 10.1. The largest absolute Gasteiger partial charge is 0.493 e. The molecule has 1 amide bonds. The molecule has 0 spiro atoms. The van der Waals surface area contributed by atoms with Gasteiger partial charge in [0.25, 0.3) is 5.91 Å². The van der Waals surface area contributed by atoms with Gasteiger partial charge in [0, 0.05) is 6.42 Å². The van der Waals surface area contributed by atoms with Crippen LogP contribution in [0, 0.1) is 20.8 Å². The van der Waals surface area contributed by atoms with Gasteiger partial charge in [-0.25, -0.2) is 10.8 Å². The Morgan fingerprint density at radius 3 is 2.76 bits per heavy atom. The van der Waals surface area contributed by atoms with Crippen molar-refractivity contribution in [3.05, 3.63) is 44.9 Å². The number of ether oxygens (including phenoxy) is 1. The highest BCUT2D eigenvalue weighted by Gasteiger charge is 2.14. The minimum Gasteiger partial charge on any atom is -0.493 e. The number of carbonyl (C=O) groups is 1. The Hall–Kier alpha value is -1.92. The number of aromatic nitrogens is 1. The molecule has 0 radical (unpaired) electrons. The van der Waals surface area contributed by atoms with Crippen LogP contribution >= 0.6 is 11.3 Å². The number of benzene rings is 1. The zero-order valence-electron chi connectivity index (χ0n) is 12.4. The van der Waals surface area contributed by atoms with Gasteiger partial charge < -0.3 is 4.74 Å². The number of hydrogen-bond donors (Lipinski definition) is 2. The standard InChI is InChI=1S/C15H19N3O2S/c1-9-4-5-12(8-10(9)2)20-7-6-13-17-11(3)14(21-13)15(19)18-16/h4-5,8H,6-7,16H2,1-3H3,(H,18,19). The molecule has 0 aliphatic heterocycles. The molecule has 0 fully saturated rings. The van der Waals surface area contributed by atoms with Crippen molar-refractivity contribution < 1.29 is 9.53 Å². The minimum atomic E-state index is -0.300. The number of rotatable bonds is 5. The Bertz CT molecular complexity index is 652. The number of nitrogen functional groups attached to an aromatic ring is 1. The smallest absolute Gasteiger partial charge is 0.277 e. The molecule has 21 heavy (non-hydrogen) atoms. The number of nitrogens with one attached hydrogen (secondary N) is 1. The topological polar surface area (TPSA) is 77.2 Å². The zero-order chi connectivity index (χ0) is 15.4. The van der Waals surface area contributed by atoms with Crippen LogP contribution in [0.1, 0.15) is 31.5 Å². The second-order valence-corrected chi connectivity index (χ2v) is 5.92. The zero-order valence-corrected chi connectivity index (χ0v) is 13.2. The maximum Gasteiger partial charge on any atom is 0.277 e. The molecule has 3 N–H and O–H groups in total. The van der Waals surface area contributed by atoms with Gasteiger partial charge in [-0.05, 0) is 44.0 Å². The Labute approximate surface area is 128 Å². The second-order valence-electron chi connectivity index (χ2n) is 4.84. The highest BCUT2D eigenvalue weighted by molar-refractivity contribution is 7.13. The van der Waals surface area contributed by atoms with E-state index in [0.717, 1.165) is 10.8 Å². The van der Waals surface area contributed by atoms with E-state index in [-0.39, 0.29) is 5.91 Å². The van der Waals surface area contributed by atoms with Gasteiger partial charge in [-0.2, -0.15) is 0 Å². The molecular weight excluding hydrogens is 286 g/mol. The van der Waals surface area contributed by atoms with Crippen LogP contribution in [0.4, 0.5) is 0 Å². The van der Waals surface area contributed by atoms with Gasteiger partial charge >= 0.3 is 0 Å². The van der Waals surface area contributed by atoms with Gasteiger partial charge in [-0.3, -0.25) is 10.2 Å². The van der Waals surface area contributed by atoms with E-state index < -0.39 is 0 Å². The molecule has 2 rings (SSSR count). The molecule has 0 bridgehead atoms. The van der Waals surface area contributed by atoms with E-state index in [4.69, 9.17) is 10.6 Å². The van der Waals surface area contributed by atoms with E-state index in [1.165, 1.54) is 22.5 Å². The van der Waals surface area contributed by atoms with Gasteiger partial charge in [0.15, 0.2) is 0 Å². The van der Waals surface area contributed by atoms with Gasteiger partial charge in [-0.1, -0.05) is 6.07 Å². The average molecular weight is 305 g/mol. The number of hydrazine groups is 1. The van der Waals surface area contributed by atoms with E-state index in [1.54, 1.807) is 6.92 Å². The van der Waals surface area contributed by atoms with Crippen LogP contribution in [0.2, 0.25) is 0 Å². The molecule has 6 heteroatoms. The number of aryl methyl sites for hydroxylation is 3. The van der Waals surface area contributed by atoms with Crippen LogP contribution in [0.15, 0.2) is 18.2 Å². The summed E-state index contributed by atoms with van der Waals surface area (Å²) in [5, 5.41) is 0.870. The fraction of sp³-hybridized carbons (Fsp3) is 0.333. The summed E-state index contributed by atoms with van der Waals surface area (Å²) in [6, 6.07) is 6.03. The molecule has 112 valence electrons. The highest BCUT2D eigenvalue weighted by Crippen LogP contribution is 2.20. The molecule has 1 aromatic carbocycles. The summed E-state index contributed by atoms with van der Waals surface area (Å²) in [6.45, 7) is 6.46. The molecule has 0 unspecified atom stereocenters. The summed E-state index contributed by atoms with van der Waals surface area (Å²) in [5.74, 6) is 5.69. The molecule has 0 aliphatic rings. The Morgan fingerprint density at radius 2 is 2.10 bits per heavy atom. The summed E-state index contributed by atoms with van der Waals surface area (Å²) in [5.41, 5.74) is 5.28. The van der Waals surface area contributed by atoms with Crippen LogP contribution in [0.3, 0.4) is 0 Å². The fourth-order valence-electron chi connectivity index (χ4n) is 1.90. The lowest BCUT2D eigenvalue weighted by Crippen LogP contribution is -2.29. The third kappa shape index (κ3) is 3.80. The first-order chi connectivity index (χ1) is 10.0. The summed E-state index contributed by atoms with van der Waals surface area (Å²) in [4.78, 5) is 16.4. The molecule has 5 nitrogen and oxygen atoms in total. The first-order valence-corrected chi connectivity index (χ1v) is 7.50. The molecule has 0 aliphatic carbocycles. The van der Waals surface area contributed by atoms with Crippen LogP contribution in [0.5, 0.6) is 5.75 Å². The number of amides is 1. The summed E-state index contributed by atoms with van der Waals surface area (Å²) >= 11 is 1.35. The maximum atomic E-state index is 11.5. The molecule has 1 heterocycles.